The molecule has 0 aliphatic heterocycles. The van der Waals surface area contributed by atoms with Crippen LogP contribution in [-0.4, -0.2) is 32.0 Å². The van der Waals surface area contributed by atoms with Gasteiger partial charge in [0, 0.05) is 13.1 Å². The van der Waals surface area contributed by atoms with Gasteiger partial charge in [0.05, 0.1) is 13.0 Å². The average molecular weight is 377 g/mol. The van der Waals surface area contributed by atoms with E-state index in [1.165, 1.54) is 5.56 Å². The standard InChI is InChI=1S/C24H28N2O2/c1-17(20-9-10-22-14-23(28-4)12-11-21(22)13-20)24(27)25-15-18-5-7-19(8-6-18)16-26(2)3/h5-14,17H,15-16H2,1-4H3,(H,25,27)/t17-/m0/s1. The Labute approximate surface area is 167 Å². The third-order valence-corrected chi connectivity index (χ3v) is 4.95. The van der Waals surface area contributed by atoms with Gasteiger partial charge in [-0.05, 0) is 60.6 Å². The lowest BCUT2D eigenvalue weighted by Crippen LogP contribution is -2.27. The van der Waals surface area contributed by atoms with Gasteiger partial charge < -0.3 is 15.0 Å². The van der Waals surface area contributed by atoms with E-state index in [1.54, 1.807) is 7.11 Å². The molecule has 146 valence electrons. The predicted molar refractivity (Wildman–Crippen MR) is 115 cm³/mol. The van der Waals surface area contributed by atoms with Crippen molar-refractivity contribution in [3.05, 3.63) is 77.4 Å². The summed E-state index contributed by atoms with van der Waals surface area (Å²) in [6.07, 6.45) is 0. The van der Waals surface area contributed by atoms with Gasteiger partial charge in [-0.1, -0.05) is 48.5 Å². The largest absolute Gasteiger partial charge is 0.497 e. The van der Waals surface area contributed by atoms with Crippen LogP contribution in [0.25, 0.3) is 10.8 Å². The van der Waals surface area contributed by atoms with Crippen LogP contribution in [0.3, 0.4) is 0 Å². The number of methoxy groups -OCH3 is 1. The van der Waals surface area contributed by atoms with E-state index >= 15 is 0 Å². The minimum Gasteiger partial charge on any atom is -0.497 e. The Kier molecular flexibility index (Phi) is 6.32. The van der Waals surface area contributed by atoms with Gasteiger partial charge in [0.25, 0.3) is 0 Å². The molecule has 0 unspecified atom stereocenters. The summed E-state index contributed by atoms with van der Waals surface area (Å²) >= 11 is 0. The van der Waals surface area contributed by atoms with Crippen LogP contribution in [0, 0.1) is 0 Å². The lowest BCUT2D eigenvalue weighted by Gasteiger charge is -2.14. The highest BCUT2D eigenvalue weighted by Crippen LogP contribution is 2.25. The topological polar surface area (TPSA) is 41.6 Å². The van der Waals surface area contributed by atoms with E-state index in [0.717, 1.165) is 34.2 Å². The highest BCUT2D eigenvalue weighted by atomic mass is 16.5. The summed E-state index contributed by atoms with van der Waals surface area (Å²) in [5, 5.41) is 5.27. The summed E-state index contributed by atoms with van der Waals surface area (Å²) in [7, 11) is 5.77. The van der Waals surface area contributed by atoms with Crippen molar-refractivity contribution in [3.8, 4) is 5.75 Å². The van der Waals surface area contributed by atoms with Gasteiger partial charge in [-0.3, -0.25) is 4.79 Å². The Morgan fingerprint density at radius 3 is 2.29 bits per heavy atom. The van der Waals surface area contributed by atoms with E-state index in [-0.39, 0.29) is 11.8 Å². The first-order chi connectivity index (χ1) is 13.5. The van der Waals surface area contributed by atoms with E-state index in [9.17, 15) is 4.79 Å². The molecule has 0 spiro atoms. The maximum atomic E-state index is 12.6. The zero-order valence-electron chi connectivity index (χ0n) is 17.0. The predicted octanol–water partition coefficient (Wildman–Crippen LogP) is 4.33. The molecule has 3 rings (SSSR count). The molecule has 4 heteroatoms. The number of ether oxygens (including phenoxy) is 1. The van der Waals surface area contributed by atoms with Crippen molar-refractivity contribution < 1.29 is 9.53 Å². The Balaban J connectivity index is 1.63. The number of nitrogens with one attached hydrogen (secondary N) is 1. The van der Waals surface area contributed by atoms with Crippen LogP contribution < -0.4 is 10.1 Å². The minimum atomic E-state index is -0.209. The lowest BCUT2D eigenvalue weighted by atomic mass is 9.97. The maximum Gasteiger partial charge on any atom is 0.227 e. The molecule has 0 saturated heterocycles. The molecule has 0 radical (unpaired) electrons. The van der Waals surface area contributed by atoms with Crippen molar-refractivity contribution in [1.82, 2.24) is 10.2 Å². The van der Waals surface area contributed by atoms with Gasteiger partial charge in [0.2, 0.25) is 5.91 Å². The molecule has 0 heterocycles. The number of rotatable bonds is 7. The van der Waals surface area contributed by atoms with E-state index < -0.39 is 0 Å². The fourth-order valence-corrected chi connectivity index (χ4v) is 3.26. The molecule has 1 N–H and O–H groups in total. The van der Waals surface area contributed by atoms with Crippen LogP contribution in [0.5, 0.6) is 5.75 Å². The first kappa shape index (κ1) is 19.9. The molecule has 0 fully saturated rings. The minimum absolute atomic E-state index is 0.0326. The summed E-state index contributed by atoms with van der Waals surface area (Å²) in [5.41, 5.74) is 3.38. The van der Waals surface area contributed by atoms with Crippen molar-refractivity contribution >= 4 is 16.7 Å². The molecule has 3 aromatic rings. The average Bonchev–Trinajstić information content (AvgIpc) is 2.71. The second-order valence-corrected chi connectivity index (χ2v) is 7.47. The number of benzene rings is 3. The van der Waals surface area contributed by atoms with Gasteiger partial charge in [-0.2, -0.15) is 0 Å². The molecule has 1 amide bonds. The first-order valence-corrected chi connectivity index (χ1v) is 9.54. The van der Waals surface area contributed by atoms with E-state index in [2.05, 4.69) is 54.6 Å². The SMILES string of the molecule is COc1ccc2cc([C@H](C)C(=O)NCc3ccc(CN(C)C)cc3)ccc2c1. The third kappa shape index (κ3) is 4.90. The number of fused-ring (bicyclic) bond motifs is 1. The van der Waals surface area contributed by atoms with Crippen LogP contribution in [0.15, 0.2) is 60.7 Å². The van der Waals surface area contributed by atoms with Gasteiger partial charge in [0.15, 0.2) is 0 Å². The van der Waals surface area contributed by atoms with Crippen LogP contribution in [0.1, 0.15) is 29.5 Å². The number of hydrogen-bond donors (Lipinski definition) is 1. The Morgan fingerprint density at radius 2 is 1.61 bits per heavy atom. The van der Waals surface area contributed by atoms with Crippen molar-refractivity contribution in [2.75, 3.05) is 21.2 Å². The fraction of sp³-hybridized carbons (Fsp3) is 0.292. The van der Waals surface area contributed by atoms with Crippen molar-refractivity contribution in [3.63, 3.8) is 0 Å². The second-order valence-electron chi connectivity index (χ2n) is 7.47. The third-order valence-electron chi connectivity index (χ3n) is 4.95. The summed E-state index contributed by atoms with van der Waals surface area (Å²) < 4.78 is 5.27. The number of nitrogens with zero attached hydrogens (tertiary/aromatic N) is 1. The monoisotopic (exact) mass is 376 g/mol. The van der Waals surface area contributed by atoms with Crippen LogP contribution >= 0.6 is 0 Å². The molecule has 1 atom stereocenters. The Hall–Kier alpha value is -2.85. The van der Waals surface area contributed by atoms with E-state index in [1.807, 2.05) is 37.3 Å². The second kappa shape index (κ2) is 8.89. The van der Waals surface area contributed by atoms with Crippen molar-refractivity contribution in [1.29, 1.82) is 0 Å². The Morgan fingerprint density at radius 1 is 0.964 bits per heavy atom. The van der Waals surface area contributed by atoms with Gasteiger partial charge >= 0.3 is 0 Å². The fourth-order valence-electron chi connectivity index (χ4n) is 3.26. The number of amides is 1. The molecular formula is C24H28N2O2. The van der Waals surface area contributed by atoms with Crippen LogP contribution in [0.4, 0.5) is 0 Å². The zero-order valence-corrected chi connectivity index (χ0v) is 17.0. The molecule has 0 aliphatic rings. The van der Waals surface area contributed by atoms with Crippen LogP contribution in [-0.2, 0) is 17.9 Å². The first-order valence-electron chi connectivity index (χ1n) is 9.54. The normalized spacial score (nSPS) is 12.2. The summed E-state index contributed by atoms with van der Waals surface area (Å²) in [4.78, 5) is 14.8. The van der Waals surface area contributed by atoms with E-state index in [4.69, 9.17) is 4.74 Å². The van der Waals surface area contributed by atoms with Crippen molar-refractivity contribution in [2.24, 2.45) is 0 Å². The molecular weight excluding hydrogens is 348 g/mol. The zero-order chi connectivity index (χ0) is 20.1. The Bertz CT molecular complexity index is 948. The quantitative estimate of drug-likeness (QED) is 0.667. The molecule has 4 nitrogen and oxygen atoms in total. The highest BCUT2D eigenvalue weighted by molar-refractivity contribution is 5.88. The van der Waals surface area contributed by atoms with Crippen LogP contribution in [0.2, 0.25) is 0 Å². The molecule has 3 aromatic carbocycles. The molecule has 0 bridgehead atoms. The number of hydrogen-bond acceptors (Lipinski definition) is 3. The molecule has 28 heavy (non-hydrogen) atoms. The lowest BCUT2D eigenvalue weighted by molar-refractivity contribution is -0.122. The molecule has 0 aliphatic carbocycles. The summed E-state index contributed by atoms with van der Waals surface area (Å²) in [6, 6.07) is 20.5. The summed E-state index contributed by atoms with van der Waals surface area (Å²) in [6.45, 7) is 3.40. The summed E-state index contributed by atoms with van der Waals surface area (Å²) in [5.74, 6) is 0.660. The molecule has 0 saturated carbocycles. The molecule has 0 aromatic heterocycles. The van der Waals surface area contributed by atoms with Gasteiger partial charge in [-0.15, -0.1) is 0 Å². The highest BCUT2D eigenvalue weighted by Gasteiger charge is 2.15. The smallest absolute Gasteiger partial charge is 0.227 e. The maximum absolute atomic E-state index is 12.6. The van der Waals surface area contributed by atoms with Crippen molar-refractivity contribution in [2.45, 2.75) is 25.9 Å². The van der Waals surface area contributed by atoms with E-state index in [0.29, 0.717) is 6.54 Å². The van der Waals surface area contributed by atoms with Gasteiger partial charge in [0.1, 0.15) is 5.75 Å². The number of carbonyl (C=O) groups is 1. The number of carbonyl (C=O) groups excluding carboxylic acids is 1. The van der Waals surface area contributed by atoms with Gasteiger partial charge in [-0.25, -0.2) is 0 Å².